The van der Waals surface area contributed by atoms with Gasteiger partial charge < -0.3 is 19.8 Å². The Bertz CT molecular complexity index is 923. The number of nitrogens with one attached hydrogen (secondary N) is 2. The molecular formula is C19H20BrFN2O5. The zero-order chi connectivity index (χ0) is 21.0. The number of esters is 2. The zero-order valence-corrected chi connectivity index (χ0v) is 17.4. The summed E-state index contributed by atoms with van der Waals surface area (Å²) in [6.07, 6.45) is -0.306. The van der Waals surface area contributed by atoms with Crippen molar-refractivity contribution in [3.8, 4) is 0 Å². The number of hydrogen-bond acceptors (Lipinski definition) is 5. The van der Waals surface area contributed by atoms with Crippen molar-refractivity contribution < 1.29 is 28.2 Å². The molecule has 9 heteroatoms. The van der Waals surface area contributed by atoms with Gasteiger partial charge in [-0.25, -0.2) is 14.0 Å². The summed E-state index contributed by atoms with van der Waals surface area (Å²) >= 11 is 3.12. The molecule has 0 aliphatic rings. The topological polar surface area (TPSA) is 97.5 Å². The first-order chi connectivity index (χ1) is 13.1. The molecule has 0 radical (unpaired) electrons. The molecule has 2 rings (SSSR count). The lowest BCUT2D eigenvalue weighted by molar-refractivity contribution is -0.119. The number of carbonyl (C=O) groups excluding carboxylic acids is 3. The first-order valence-electron chi connectivity index (χ1n) is 8.42. The molecule has 2 aromatic rings. The van der Waals surface area contributed by atoms with Crippen LogP contribution in [-0.2, 0) is 14.3 Å². The SMILES string of the molecule is Cc1[nH]c(C(=O)OCC(=O)Nc2ccc(Br)cc2F)c(C)c1C(=O)OC(C)C. The summed E-state index contributed by atoms with van der Waals surface area (Å²) in [7, 11) is 0. The van der Waals surface area contributed by atoms with Crippen LogP contribution in [0.15, 0.2) is 22.7 Å². The monoisotopic (exact) mass is 454 g/mol. The van der Waals surface area contributed by atoms with Crippen LogP contribution in [0.2, 0.25) is 0 Å². The van der Waals surface area contributed by atoms with Crippen molar-refractivity contribution in [1.29, 1.82) is 0 Å². The molecule has 0 unspecified atom stereocenters. The Hall–Kier alpha value is -2.68. The lowest BCUT2D eigenvalue weighted by atomic mass is 10.1. The molecule has 0 aliphatic carbocycles. The highest BCUT2D eigenvalue weighted by Gasteiger charge is 2.25. The van der Waals surface area contributed by atoms with Crippen molar-refractivity contribution in [2.24, 2.45) is 0 Å². The minimum atomic E-state index is -0.810. The van der Waals surface area contributed by atoms with Gasteiger partial charge in [0.15, 0.2) is 6.61 Å². The second kappa shape index (κ2) is 9.01. The van der Waals surface area contributed by atoms with Gasteiger partial charge in [-0.2, -0.15) is 0 Å². The Kier molecular flexibility index (Phi) is 6.95. The maximum Gasteiger partial charge on any atom is 0.355 e. The lowest BCUT2D eigenvalue weighted by Crippen LogP contribution is -2.22. The summed E-state index contributed by atoms with van der Waals surface area (Å²) in [5.41, 5.74) is 1.09. The van der Waals surface area contributed by atoms with Crippen LogP contribution in [0.25, 0.3) is 0 Å². The minimum absolute atomic E-state index is 0.0325. The molecule has 0 saturated carbocycles. The van der Waals surface area contributed by atoms with Crippen LogP contribution in [-0.4, -0.2) is 35.5 Å². The van der Waals surface area contributed by atoms with E-state index in [1.807, 2.05) is 0 Å². The Balaban J connectivity index is 2.03. The number of H-pyrrole nitrogens is 1. The van der Waals surface area contributed by atoms with Gasteiger partial charge in [0.05, 0.1) is 17.4 Å². The van der Waals surface area contributed by atoms with Crippen molar-refractivity contribution >= 4 is 39.5 Å². The van der Waals surface area contributed by atoms with E-state index in [1.54, 1.807) is 33.8 Å². The smallest absolute Gasteiger partial charge is 0.355 e. The Morgan fingerprint density at radius 3 is 2.50 bits per heavy atom. The van der Waals surface area contributed by atoms with E-state index in [1.165, 1.54) is 12.1 Å². The maximum absolute atomic E-state index is 13.7. The largest absolute Gasteiger partial charge is 0.459 e. The van der Waals surface area contributed by atoms with Crippen molar-refractivity contribution in [3.05, 3.63) is 51.0 Å². The van der Waals surface area contributed by atoms with Gasteiger partial charge in [-0.1, -0.05) is 15.9 Å². The molecule has 0 spiro atoms. The standard InChI is InChI=1S/C19H20BrFN2O5/c1-9(2)28-18(25)16-10(3)17(22-11(16)4)19(26)27-8-15(24)23-14-6-5-12(20)7-13(14)21/h5-7,9,22H,8H2,1-4H3,(H,23,24). The molecule has 150 valence electrons. The predicted octanol–water partition coefficient (Wildman–Crippen LogP) is 3.89. The van der Waals surface area contributed by atoms with Crippen LogP contribution < -0.4 is 5.32 Å². The van der Waals surface area contributed by atoms with Gasteiger partial charge in [-0.3, -0.25) is 4.79 Å². The molecule has 2 N–H and O–H groups in total. The highest BCUT2D eigenvalue weighted by molar-refractivity contribution is 9.10. The van der Waals surface area contributed by atoms with Crippen molar-refractivity contribution in [3.63, 3.8) is 0 Å². The molecule has 0 saturated heterocycles. The van der Waals surface area contributed by atoms with Crippen molar-refractivity contribution in [1.82, 2.24) is 4.98 Å². The van der Waals surface area contributed by atoms with Crippen LogP contribution >= 0.6 is 15.9 Å². The van der Waals surface area contributed by atoms with Crippen LogP contribution in [0.4, 0.5) is 10.1 Å². The number of hydrogen-bond donors (Lipinski definition) is 2. The summed E-state index contributed by atoms with van der Waals surface area (Å²) < 4.78 is 24.4. The van der Waals surface area contributed by atoms with Gasteiger partial charge >= 0.3 is 11.9 Å². The van der Waals surface area contributed by atoms with Gasteiger partial charge in [0, 0.05) is 10.2 Å². The minimum Gasteiger partial charge on any atom is -0.459 e. The first kappa shape index (κ1) is 21.6. The van der Waals surface area contributed by atoms with Crippen molar-refractivity contribution in [2.45, 2.75) is 33.8 Å². The number of carbonyl (C=O) groups is 3. The fourth-order valence-corrected chi connectivity index (χ4v) is 2.85. The molecule has 0 atom stereocenters. The number of halogens is 2. The van der Waals surface area contributed by atoms with E-state index in [0.29, 0.717) is 15.7 Å². The number of anilines is 1. The molecule has 28 heavy (non-hydrogen) atoms. The van der Waals surface area contributed by atoms with E-state index in [-0.39, 0.29) is 23.0 Å². The normalized spacial score (nSPS) is 10.7. The summed E-state index contributed by atoms with van der Waals surface area (Å²) in [6, 6.07) is 4.14. The molecule has 0 fully saturated rings. The van der Waals surface area contributed by atoms with E-state index in [2.05, 4.69) is 26.2 Å². The summed E-state index contributed by atoms with van der Waals surface area (Å²) in [4.78, 5) is 39.1. The number of aromatic amines is 1. The third kappa shape index (κ3) is 5.19. The molecular weight excluding hydrogens is 435 g/mol. The zero-order valence-electron chi connectivity index (χ0n) is 15.8. The molecule has 1 amide bonds. The van der Waals surface area contributed by atoms with Crippen LogP contribution in [0.1, 0.15) is 46.0 Å². The molecule has 0 bridgehead atoms. The third-order valence-corrected chi connectivity index (χ3v) is 4.22. The van der Waals surface area contributed by atoms with Gasteiger partial charge in [0.1, 0.15) is 11.5 Å². The van der Waals surface area contributed by atoms with Gasteiger partial charge in [-0.15, -0.1) is 0 Å². The summed E-state index contributed by atoms with van der Waals surface area (Å²) in [5, 5.41) is 2.32. The highest BCUT2D eigenvalue weighted by Crippen LogP contribution is 2.21. The van der Waals surface area contributed by atoms with E-state index in [9.17, 15) is 18.8 Å². The van der Waals surface area contributed by atoms with Gasteiger partial charge in [0.2, 0.25) is 0 Å². The number of ether oxygens (including phenoxy) is 2. The van der Waals surface area contributed by atoms with Gasteiger partial charge in [0.25, 0.3) is 5.91 Å². The average molecular weight is 455 g/mol. The number of rotatable bonds is 6. The van der Waals surface area contributed by atoms with Gasteiger partial charge in [-0.05, 0) is 51.5 Å². The molecule has 7 nitrogen and oxygen atoms in total. The van der Waals surface area contributed by atoms with Crippen LogP contribution in [0.5, 0.6) is 0 Å². The number of benzene rings is 1. The Labute approximate surface area is 169 Å². The first-order valence-corrected chi connectivity index (χ1v) is 9.21. The third-order valence-electron chi connectivity index (χ3n) is 3.73. The maximum atomic E-state index is 13.7. The van der Waals surface area contributed by atoms with E-state index < -0.39 is 30.3 Å². The fourth-order valence-electron chi connectivity index (χ4n) is 2.51. The predicted molar refractivity (Wildman–Crippen MR) is 104 cm³/mol. The molecule has 1 heterocycles. The second-order valence-corrected chi connectivity index (χ2v) is 7.24. The van der Waals surface area contributed by atoms with E-state index in [4.69, 9.17) is 9.47 Å². The number of amides is 1. The molecule has 1 aromatic carbocycles. The Morgan fingerprint density at radius 2 is 1.89 bits per heavy atom. The number of aryl methyl sites for hydroxylation is 1. The highest BCUT2D eigenvalue weighted by atomic mass is 79.9. The van der Waals surface area contributed by atoms with Crippen molar-refractivity contribution in [2.75, 3.05) is 11.9 Å². The number of aromatic nitrogens is 1. The summed E-state index contributed by atoms with van der Waals surface area (Å²) in [6.45, 7) is 6.03. The molecule has 1 aromatic heterocycles. The van der Waals surface area contributed by atoms with E-state index >= 15 is 0 Å². The fraction of sp³-hybridized carbons (Fsp3) is 0.316. The van der Waals surface area contributed by atoms with E-state index in [0.717, 1.165) is 0 Å². The van der Waals surface area contributed by atoms with Crippen LogP contribution in [0, 0.1) is 19.7 Å². The summed E-state index contributed by atoms with van der Waals surface area (Å²) in [5.74, 6) is -2.69. The Morgan fingerprint density at radius 1 is 1.21 bits per heavy atom. The second-order valence-electron chi connectivity index (χ2n) is 6.33. The molecule has 0 aliphatic heterocycles. The van der Waals surface area contributed by atoms with Crippen LogP contribution in [0.3, 0.4) is 0 Å². The quantitative estimate of drug-likeness (QED) is 0.645. The lowest BCUT2D eigenvalue weighted by Gasteiger charge is -2.09. The average Bonchev–Trinajstić information content (AvgIpc) is 2.89.